The Labute approximate surface area is 273 Å². The number of anilines is 1. The first-order valence-corrected chi connectivity index (χ1v) is 16.6. The second-order valence-corrected chi connectivity index (χ2v) is 14.9. The lowest BCUT2D eigenvalue weighted by Crippen LogP contribution is -2.43. The Morgan fingerprint density at radius 2 is 1.96 bits per heavy atom. The number of amides is 1. The van der Waals surface area contributed by atoms with Crippen LogP contribution >= 0.6 is 22.9 Å². The molecule has 3 aromatic heterocycles. The molecule has 0 radical (unpaired) electrons. The van der Waals surface area contributed by atoms with Crippen LogP contribution in [0.2, 0.25) is 5.02 Å². The second kappa shape index (κ2) is 11.5. The zero-order chi connectivity index (χ0) is 32.5. The maximum absolute atomic E-state index is 13.0. The van der Waals surface area contributed by atoms with E-state index < -0.39 is 29.8 Å². The van der Waals surface area contributed by atoms with Gasteiger partial charge in [0.2, 0.25) is 0 Å². The number of hydrogen-bond donors (Lipinski definition) is 0. The molecule has 1 amide bonds. The number of fused-ring (bicyclic) bond motifs is 4. The van der Waals surface area contributed by atoms with Crippen LogP contribution < -0.4 is 16.1 Å². The van der Waals surface area contributed by atoms with Gasteiger partial charge in [-0.3, -0.25) is 18.9 Å². The zero-order valence-electron chi connectivity index (χ0n) is 25.7. The molecule has 13 heteroatoms. The molecule has 46 heavy (non-hydrogen) atoms. The number of thiophene rings is 1. The molecule has 1 saturated carbocycles. The number of hydrogen-bond acceptors (Lipinski definition) is 7. The first-order chi connectivity index (χ1) is 21.9. The van der Waals surface area contributed by atoms with Gasteiger partial charge in [-0.2, -0.15) is 0 Å². The lowest BCUT2D eigenvalue weighted by Gasteiger charge is -2.38. The predicted molar refractivity (Wildman–Crippen MR) is 175 cm³/mol. The van der Waals surface area contributed by atoms with E-state index in [-0.39, 0.29) is 18.7 Å². The van der Waals surface area contributed by atoms with Crippen molar-refractivity contribution >= 4 is 44.9 Å². The standard InChI is InChI=1S/C33H34ClF2N5O4S/c1-33(2,3)45-32(44)39-8-5-20(15-39)40-14-18-10-23(18)25-12-19(34)11-24(29(25)40)22-4-7-37-26-13-21(46-30(22)26)16-41-28(42)6-9-38(31(41)43)17-27(35)36/h4,6-7,9,11-13,18,20,23,27H,5,8,10,14-17H2,1-3H3/t18-,20-,23-/m1/s1. The Kier molecular flexibility index (Phi) is 7.70. The number of halogens is 3. The third-order valence-electron chi connectivity index (χ3n) is 8.94. The van der Waals surface area contributed by atoms with Crippen LogP contribution in [0.3, 0.4) is 0 Å². The highest BCUT2D eigenvalue weighted by molar-refractivity contribution is 7.19. The zero-order valence-corrected chi connectivity index (χ0v) is 27.3. The molecule has 4 aromatic rings. The van der Waals surface area contributed by atoms with Crippen molar-refractivity contribution in [2.75, 3.05) is 24.5 Å². The van der Waals surface area contributed by atoms with E-state index in [1.165, 1.54) is 16.9 Å². The maximum Gasteiger partial charge on any atom is 0.410 e. The van der Waals surface area contributed by atoms with E-state index in [0.29, 0.717) is 40.3 Å². The summed E-state index contributed by atoms with van der Waals surface area (Å²) in [7, 11) is 0. The predicted octanol–water partition coefficient (Wildman–Crippen LogP) is 6.19. The van der Waals surface area contributed by atoms with Gasteiger partial charge in [0.25, 0.3) is 12.0 Å². The molecule has 5 heterocycles. The van der Waals surface area contributed by atoms with Gasteiger partial charge in [-0.25, -0.2) is 18.4 Å². The lowest BCUT2D eigenvalue weighted by molar-refractivity contribution is 0.0292. The summed E-state index contributed by atoms with van der Waals surface area (Å²) >= 11 is 8.18. The van der Waals surface area contributed by atoms with Gasteiger partial charge >= 0.3 is 11.8 Å². The van der Waals surface area contributed by atoms with E-state index in [1.54, 1.807) is 11.1 Å². The molecule has 0 bridgehead atoms. The van der Waals surface area contributed by atoms with Crippen LogP contribution in [0, 0.1) is 5.92 Å². The number of carbonyl (C=O) groups is 1. The SMILES string of the molecule is CC(C)(C)OC(=O)N1CC[C@@H](N2C[C@H]3C[C@H]3c3cc(Cl)cc(-c4ccnc5cc(Cn6c(=O)ccn(CC(F)F)c6=O)sc45)c32)C1. The highest BCUT2D eigenvalue weighted by atomic mass is 35.5. The Morgan fingerprint density at radius 3 is 2.72 bits per heavy atom. The van der Waals surface area contributed by atoms with Gasteiger partial charge < -0.3 is 14.5 Å². The third-order valence-corrected chi connectivity index (χ3v) is 10.3. The average molecular weight is 670 g/mol. The number of nitrogens with zero attached hydrogens (tertiary/aromatic N) is 5. The van der Waals surface area contributed by atoms with Crippen molar-refractivity contribution in [1.82, 2.24) is 19.0 Å². The molecule has 2 aliphatic heterocycles. The van der Waals surface area contributed by atoms with E-state index >= 15 is 0 Å². The molecule has 1 aromatic carbocycles. The van der Waals surface area contributed by atoms with Gasteiger partial charge in [0.15, 0.2) is 0 Å². The molecule has 2 fully saturated rings. The van der Waals surface area contributed by atoms with Crippen LogP contribution in [0.5, 0.6) is 0 Å². The Bertz CT molecular complexity index is 1970. The van der Waals surface area contributed by atoms with Crippen LogP contribution in [0.4, 0.5) is 19.3 Å². The van der Waals surface area contributed by atoms with Crippen molar-refractivity contribution < 1.29 is 18.3 Å². The third kappa shape index (κ3) is 5.81. The van der Waals surface area contributed by atoms with Gasteiger partial charge in [0, 0.05) is 70.9 Å². The van der Waals surface area contributed by atoms with Gasteiger partial charge in [-0.15, -0.1) is 11.3 Å². The summed E-state index contributed by atoms with van der Waals surface area (Å²) in [4.78, 5) is 47.9. The minimum atomic E-state index is -2.72. The van der Waals surface area contributed by atoms with E-state index in [0.717, 1.165) is 62.3 Å². The largest absolute Gasteiger partial charge is 0.444 e. The molecule has 242 valence electrons. The van der Waals surface area contributed by atoms with Crippen LogP contribution in [0.25, 0.3) is 21.3 Å². The highest BCUT2D eigenvalue weighted by Gasteiger charge is 2.48. The second-order valence-electron chi connectivity index (χ2n) is 13.4. The summed E-state index contributed by atoms with van der Waals surface area (Å²) in [6.45, 7) is 6.84. The van der Waals surface area contributed by atoms with E-state index in [9.17, 15) is 23.2 Å². The molecule has 1 saturated heterocycles. The minimum absolute atomic E-state index is 0.0612. The topological polar surface area (TPSA) is 89.7 Å². The molecular weight excluding hydrogens is 636 g/mol. The Morgan fingerprint density at radius 1 is 1.15 bits per heavy atom. The fourth-order valence-electron chi connectivity index (χ4n) is 6.85. The Balaban J connectivity index is 1.26. The summed E-state index contributed by atoms with van der Waals surface area (Å²) in [6, 6.07) is 9.09. The molecular formula is C33H34ClF2N5O4S. The highest BCUT2D eigenvalue weighted by Crippen LogP contribution is 2.58. The number of benzene rings is 1. The fraction of sp³-hybridized carbons (Fsp3) is 0.455. The summed E-state index contributed by atoms with van der Waals surface area (Å²) in [5, 5.41) is 0.639. The Hall–Kier alpha value is -3.77. The number of rotatable bonds is 6. The lowest BCUT2D eigenvalue weighted by atomic mass is 9.92. The van der Waals surface area contributed by atoms with Gasteiger partial charge in [-0.05, 0) is 75.3 Å². The number of ether oxygens (including phenoxy) is 1. The molecule has 0 unspecified atom stereocenters. The van der Waals surface area contributed by atoms with Crippen molar-refractivity contribution in [2.24, 2.45) is 5.92 Å². The summed E-state index contributed by atoms with van der Waals surface area (Å²) < 4.78 is 34.4. The van der Waals surface area contributed by atoms with Crippen LogP contribution in [-0.2, 0) is 17.8 Å². The van der Waals surface area contributed by atoms with Gasteiger partial charge in [0.05, 0.1) is 23.3 Å². The number of carbonyl (C=O) groups excluding carboxylic acids is 1. The molecule has 0 N–H and O–H groups in total. The minimum Gasteiger partial charge on any atom is -0.444 e. The first-order valence-electron chi connectivity index (χ1n) is 15.4. The average Bonchev–Trinajstić information content (AvgIpc) is 3.39. The van der Waals surface area contributed by atoms with Crippen LogP contribution in [0.1, 0.15) is 50.0 Å². The number of pyridine rings is 1. The van der Waals surface area contributed by atoms with E-state index in [2.05, 4.69) is 16.0 Å². The summed E-state index contributed by atoms with van der Waals surface area (Å²) in [5.74, 6) is 0.974. The van der Waals surface area contributed by atoms with Crippen LogP contribution in [0.15, 0.2) is 52.3 Å². The van der Waals surface area contributed by atoms with Crippen LogP contribution in [-0.4, -0.2) is 62.8 Å². The molecule has 7 rings (SSSR count). The molecule has 3 aliphatic rings. The molecule has 0 spiro atoms. The molecule has 3 atom stereocenters. The summed E-state index contributed by atoms with van der Waals surface area (Å²) in [5.41, 5.74) is 3.03. The smallest absolute Gasteiger partial charge is 0.410 e. The monoisotopic (exact) mass is 669 g/mol. The van der Waals surface area contributed by atoms with Crippen molar-refractivity contribution in [3.8, 4) is 11.1 Å². The fourth-order valence-corrected chi connectivity index (χ4v) is 8.20. The number of aromatic nitrogens is 3. The van der Waals surface area contributed by atoms with E-state index in [4.69, 9.17) is 16.3 Å². The quantitative estimate of drug-likeness (QED) is 0.243. The van der Waals surface area contributed by atoms with Gasteiger partial charge in [0.1, 0.15) is 5.60 Å². The maximum atomic E-state index is 13.0. The number of likely N-dealkylation sites (tertiary alicyclic amines) is 1. The van der Waals surface area contributed by atoms with Crippen molar-refractivity contribution in [2.45, 2.75) is 70.7 Å². The molecule has 1 aliphatic carbocycles. The number of alkyl halides is 2. The van der Waals surface area contributed by atoms with E-state index in [1.807, 2.05) is 39.0 Å². The normalized spacial score (nSPS) is 20.7. The van der Waals surface area contributed by atoms with Crippen molar-refractivity contribution in [3.05, 3.63) is 79.0 Å². The molecule has 9 nitrogen and oxygen atoms in total. The first kappa shape index (κ1) is 30.9. The van der Waals surface area contributed by atoms with Crippen molar-refractivity contribution in [3.63, 3.8) is 0 Å². The van der Waals surface area contributed by atoms with Gasteiger partial charge in [-0.1, -0.05) is 11.6 Å². The summed E-state index contributed by atoms with van der Waals surface area (Å²) in [6.07, 6.45) is 1.73. The van der Waals surface area contributed by atoms with Crippen molar-refractivity contribution in [1.29, 1.82) is 0 Å².